The van der Waals surface area contributed by atoms with Crippen LogP contribution in [-0.4, -0.2) is 54.1 Å². The Hall–Kier alpha value is -3.33. The molecule has 1 unspecified atom stereocenters. The van der Waals surface area contributed by atoms with Crippen molar-refractivity contribution in [2.24, 2.45) is 0 Å². The lowest BCUT2D eigenvalue weighted by atomic mass is 9.98. The summed E-state index contributed by atoms with van der Waals surface area (Å²) in [4.78, 5) is 27.6. The molecule has 172 valence electrons. The molecule has 2 bridgehead atoms. The van der Waals surface area contributed by atoms with E-state index in [1.54, 1.807) is 30.6 Å². The summed E-state index contributed by atoms with van der Waals surface area (Å²) in [5.74, 6) is 0.0218. The Morgan fingerprint density at radius 1 is 1.21 bits per heavy atom. The number of benzene rings is 2. The van der Waals surface area contributed by atoms with Crippen molar-refractivity contribution in [3.63, 3.8) is 0 Å². The lowest BCUT2D eigenvalue weighted by Gasteiger charge is -2.24. The normalized spacial score (nSPS) is 22.4. The van der Waals surface area contributed by atoms with E-state index in [2.05, 4.69) is 9.97 Å². The molecular formula is C25H22ClN5O3. The highest BCUT2D eigenvalue weighted by Crippen LogP contribution is 2.49. The molecule has 4 aromatic rings. The number of halogens is 1. The van der Waals surface area contributed by atoms with Gasteiger partial charge < -0.3 is 19.7 Å². The van der Waals surface area contributed by atoms with Crippen molar-refractivity contribution in [3.05, 3.63) is 76.6 Å². The highest BCUT2D eigenvalue weighted by molar-refractivity contribution is 6.32. The molecule has 9 heteroatoms. The molecule has 0 fully saturated rings. The number of aromatic nitrogens is 4. The maximum Gasteiger partial charge on any atom is 0.254 e. The first-order valence-electron chi connectivity index (χ1n) is 12.3. The van der Waals surface area contributed by atoms with Gasteiger partial charge in [0.15, 0.2) is 5.82 Å². The lowest BCUT2D eigenvalue weighted by Crippen LogP contribution is -2.30. The van der Waals surface area contributed by atoms with Crippen LogP contribution in [0, 0.1) is 0 Å². The first kappa shape index (κ1) is 18.1. The van der Waals surface area contributed by atoms with Crippen LogP contribution in [0.25, 0.3) is 22.2 Å². The summed E-state index contributed by atoms with van der Waals surface area (Å²) in [5, 5.41) is 20.0. The summed E-state index contributed by atoms with van der Waals surface area (Å²) >= 11 is 6.61. The zero-order chi connectivity index (χ0) is 26.3. The van der Waals surface area contributed by atoms with E-state index in [1.807, 2.05) is 22.8 Å². The van der Waals surface area contributed by atoms with E-state index in [1.165, 1.54) is 6.92 Å². The van der Waals surface area contributed by atoms with E-state index < -0.39 is 31.1 Å². The Balaban J connectivity index is 1.53. The van der Waals surface area contributed by atoms with Crippen LogP contribution in [0.1, 0.15) is 57.1 Å². The smallest absolute Gasteiger partial charge is 0.254 e. The van der Waals surface area contributed by atoms with Gasteiger partial charge in [-0.05, 0) is 36.8 Å². The molecule has 4 heterocycles. The van der Waals surface area contributed by atoms with Crippen molar-refractivity contribution in [1.82, 2.24) is 24.4 Å². The molecule has 2 aliphatic heterocycles. The number of nitrogens with zero attached hydrogens (tertiary/aromatic N) is 5. The van der Waals surface area contributed by atoms with Crippen molar-refractivity contribution < 1.29 is 19.1 Å². The molecule has 1 amide bonds. The minimum absolute atomic E-state index is 0.107. The molecular weight excluding hydrogens is 454 g/mol. The molecule has 34 heavy (non-hydrogen) atoms. The van der Waals surface area contributed by atoms with E-state index >= 15 is 0 Å². The third-order valence-electron chi connectivity index (χ3n) is 6.69. The summed E-state index contributed by atoms with van der Waals surface area (Å²) in [7, 11) is 0. The van der Waals surface area contributed by atoms with Gasteiger partial charge in [-0.1, -0.05) is 23.7 Å². The Labute approximate surface area is 204 Å². The SMILES string of the molecule is [2H]C([2H])([2H])N1C(=O)c2cccc(Cl)c2[C@H]2C[C@@H]1c1nc3ccc(-c4cnc(C(C)(O)CO)nc4)cc3n12. The van der Waals surface area contributed by atoms with Crippen LogP contribution in [-0.2, 0) is 5.60 Å². The quantitative estimate of drug-likeness (QED) is 0.467. The van der Waals surface area contributed by atoms with Crippen molar-refractivity contribution in [2.75, 3.05) is 13.6 Å². The van der Waals surface area contributed by atoms with E-state index in [0.29, 0.717) is 33.9 Å². The highest BCUT2D eigenvalue weighted by atomic mass is 35.5. The van der Waals surface area contributed by atoms with Crippen LogP contribution < -0.4 is 0 Å². The van der Waals surface area contributed by atoms with E-state index in [0.717, 1.165) is 16.0 Å². The molecule has 2 aliphatic rings. The van der Waals surface area contributed by atoms with Crippen LogP contribution in [0.15, 0.2) is 48.8 Å². The van der Waals surface area contributed by atoms with Crippen molar-refractivity contribution in [3.8, 4) is 11.1 Å². The monoisotopic (exact) mass is 478 g/mol. The van der Waals surface area contributed by atoms with Gasteiger partial charge in [-0.15, -0.1) is 0 Å². The summed E-state index contributed by atoms with van der Waals surface area (Å²) < 4.78 is 26.3. The fourth-order valence-electron chi connectivity index (χ4n) is 4.90. The molecule has 0 saturated carbocycles. The molecule has 0 radical (unpaired) electrons. The molecule has 0 spiro atoms. The standard InChI is InChI=1S/C25H22ClN5O3/c1-25(34,12-32)24-27-10-14(11-28-24)13-6-7-17-18(8-13)31-19-9-20(22(31)29-17)30(2)23(33)15-4-3-5-16(26)21(15)19/h3-8,10-11,19-20,32,34H,9,12H2,1-2H3/t19-,20-,25?/m1/s1/i2D3. The fourth-order valence-corrected chi connectivity index (χ4v) is 5.20. The maximum atomic E-state index is 13.4. The summed E-state index contributed by atoms with van der Waals surface area (Å²) in [5.41, 5.74) is 2.20. The average molecular weight is 479 g/mol. The number of aliphatic hydroxyl groups is 2. The number of amides is 1. The predicted octanol–water partition coefficient (Wildman–Crippen LogP) is 3.47. The third-order valence-corrected chi connectivity index (χ3v) is 7.02. The van der Waals surface area contributed by atoms with Crippen LogP contribution in [0.5, 0.6) is 0 Å². The van der Waals surface area contributed by atoms with Gasteiger partial charge in [-0.25, -0.2) is 15.0 Å². The van der Waals surface area contributed by atoms with Crippen LogP contribution in [0.4, 0.5) is 0 Å². The van der Waals surface area contributed by atoms with Gasteiger partial charge in [0, 0.05) is 51.6 Å². The predicted molar refractivity (Wildman–Crippen MR) is 126 cm³/mol. The van der Waals surface area contributed by atoms with Crippen LogP contribution in [0.3, 0.4) is 0 Å². The average Bonchev–Trinajstić information content (AvgIpc) is 3.36. The molecule has 3 atom stereocenters. The number of hydrogen-bond donors (Lipinski definition) is 2. The minimum Gasteiger partial charge on any atom is -0.393 e. The summed E-state index contributed by atoms with van der Waals surface area (Å²) in [6, 6.07) is 9.46. The van der Waals surface area contributed by atoms with E-state index in [-0.39, 0.29) is 17.4 Å². The van der Waals surface area contributed by atoms with E-state index in [9.17, 15) is 15.0 Å². The topological polar surface area (TPSA) is 104 Å². The second kappa shape index (κ2) is 7.33. The molecule has 0 aliphatic carbocycles. The largest absolute Gasteiger partial charge is 0.393 e. The van der Waals surface area contributed by atoms with Gasteiger partial charge in [0.2, 0.25) is 0 Å². The van der Waals surface area contributed by atoms with Crippen LogP contribution >= 0.6 is 11.6 Å². The molecule has 8 nitrogen and oxygen atoms in total. The Morgan fingerprint density at radius 3 is 2.74 bits per heavy atom. The van der Waals surface area contributed by atoms with Gasteiger partial charge in [-0.3, -0.25) is 4.79 Å². The molecule has 2 aromatic carbocycles. The number of carbonyl (C=O) groups excluding carboxylic acids is 1. The maximum absolute atomic E-state index is 13.4. The number of aliphatic hydroxyl groups excluding tert-OH is 1. The Morgan fingerprint density at radius 2 is 2.00 bits per heavy atom. The number of rotatable bonds is 3. The number of carbonyl (C=O) groups is 1. The Kier molecular flexibility index (Phi) is 3.89. The van der Waals surface area contributed by atoms with Crippen molar-refractivity contribution in [1.29, 1.82) is 0 Å². The summed E-state index contributed by atoms with van der Waals surface area (Å²) in [6.45, 7) is -1.74. The Bertz CT molecular complexity index is 1570. The first-order valence-corrected chi connectivity index (χ1v) is 11.2. The number of fused-ring (bicyclic) bond motifs is 9. The highest BCUT2D eigenvalue weighted by Gasteiger charge is 2.44. The van der Waals surface area contributed by atoms with Crippen molar-refractivity contribution in [2.45, 2.75) is 31.0 Å². The molecule has 0 saturated heterocycles. The molecule has 6 rings (SSSR count). The molecule has 2 N–H and O–H groups in total. The van der Waals surface area contributed by atoms with Crippen LogP contribution in [0.2, 0.25) is 5.02 Å². The van der Waals surface area contributed by atoms with Gasteiger partial charge in [0.05, 0.1) is 29.7 Å². The third kappa shape index (κ3) is 2.92. The molecule has 2 aromatic heterocycles. The van der Waals surface area contributed by atoms with Gasteiger partial charge >= 0.3 is 0 Å². The zero-order valence-electron chi connectivity index (χ0n) is 21.1. The number of imidazole rings is 1. The van der Waals surface area contributed by atoms with Crippen molar-refractivity contribution >= 4 is 28.5 Å². The summed E-state index contributed by atoms with van der Waals surface area (Å²) in [6.07, 6.45) is 3.48. The first-order chi connectivity index (χ1) is 17.5. The zero-order valence-corrected chi connectivity index (χ0v) is 18.9. The minimum atomic E-state index is -2.66. The van der Waals surface area contributed by atoms with Gasteiger partial charge in [-0.2, -0.15) is 0 Å². The van der Waals surface area contributed by atoms with E-state index in [4.69, 9.17) is 20.7 Å². The second-order valence-corrected chi connectivity index (χ2v) is 9.32. The van der Waals surface area contributed by atoms with Gasteiger partial charge in [0.25, 0.3) is 5.91 Å². The fraction of sp³-hybridized carbons (Fsp3) is 0.280. The second-order valence-electron chi connectivity index (χ2n) is 8.91. The van der Waals surface area contributed by atoms with Gasteiger partial charge in [0.1, 0.15) is 11.4 Å². The lowest BCUT2D eigenvalue weighted by molar-refractivity contribution is -0.00969. The number of hydrogen-bond acceptors (Lipinski definition) is 6.